The molecule has 0 saturated heterocycles. The monoisotopic (exact) mass is 359 g/mol. The molecular weight excluding hydrogens is 330 g/mol. The lowest BCUT2D eigenvalue weighted by molar-refractivity contribution is 0.305. The minimum Gasteiger partial charge on any atom is -0.395 e. The number of rotatable bonds is 8. The van der Waals surface area contributed by atoms with Crippen molar-refractivity contribution in [3.8, 4) is 11.8 Å². The molecule has 0 amide bonds. The van der Waals surface area contributed by atoms with E-state index in [2.05, 4.69) is 54.4 Å². The predicted octanol–water partition coefficient (Wildman–Crippen LogP) is 4.55. The minimum absolute atomic E-state index is 0.105. The van der Waals surface area contributed by atoms with Gasteiger partial charge in [-0.1, -0.05) is 24.8 Å². The van der Waals surface area contributed by atoms with Crippen molar-refractivity contribution in [1.29, 1.82) is 0 Å². The van der Waals surface area contributed by atoms with E-state index in [1.54, 1.807) is 11.8 Å². The van der Waals surface area contributed by atoms with Gasteiger partial charge in [-0.25, -0.2) is 9.97 Å². The second kappa shape index (κ2) is 11.7. The van der Waals surface area contributed by atoms with Crippen LogP contribution in [0.4, 0.5) is 5.82 Å². The van der Waals surface area contributed by atoms with Gasteiger partial charge in [0.25, 0.3) is 0 Å². The summed E-state index contributed by atoms with van der Waals surface area (Å²) in [5.41, 5.74) is 4.25. The first-order valence-electron chi connectivity index (χ1n) is 8.70. The van der Waals surface area contributed by atoms with E-state index >= 15 is 0 Å². The van der Waals surface area contributed by atoms with E-state index < -0.39 is 0 Å². The molecule has 0 aromatic carbocycles. The highest BCUT2D eigenvalue weighted by atomic mass is 32.2. The summed E-state index contributed by atoms with van der Waals surface area (Å²) < 4.78 is 0. The molecule has 0 atom stereocenters. The topological polar surface area (TPSA) is 58.0 Å². The number of aliphatic hydroxyl groups is 1. The second-order valence-electron chi connectivity index (χ2n) is 5.67. The summed E-state index contributed by atoms with van der Waals surface area (Å²) in [5.74, 6) is 8.48. The number of anilines is 1. The number of thioether (sulfide) groups is 1. The Labute approximate surface area is 156 Å². The Morgan fingerprint density at radius 3 is 2.68 bits per heavy atom. The minimum atomic E-state index is 0.105. The van der Waals surface area contributed by atoms with E-state index in [-0.39, 0.29) is 6.61 Å². The molecular formula is C20H29N3OS. The molecule has 1 heterocycles. The zero-order chi connectivity index (χ0) is 18.7. The fourth-order valence-electron chi connectivity index (χ4n) is 2.19. The average Bonchev–Trinajstić information content (AvgIpc) is 2.57. The predicted molar refractivity (Wildman–Crippen MR) is 109 cm³/mol. The van der Waals surface area contributed by atoms with Crippen LogP contribution < -0.4 is 5.32 Å². The Kier molecular flexibility index (Phi) is 9.98. The lowest BCUT2D eigenvalue weighted by Crippen LogP contribution is -2.09. The molecule has 1 aromatic rings. The maximum atomic E-state index is 8.76. The molecule has 0 fully saturated rings. The molecule has 1 aromatic heterocycles. The summed E-state index contributed by atoms with van der Waals surface area (Å²) in [4.78, 5) is 9.40. The summed E-state index contributed by atoms with van der Waals surface area (Å²) in [6, 6.07) is 0. The van der Waals surface area contributed by atoms with E-state index in [4.69, 9.17) is 10.1 Å². The molecule has 0 spiro atoms. The molecule has 0 bridgehead atoms. The zero-order valence-electron chi connectivity index (χ0n) is 15.9. The van der Waals surface area contributed by atoms with Crippen molar-refractivity contribution in [2.45, 2.75) is 53.2 Å². The van der Waals surface area contributed by atoms with Crippen LogP contribution in [0.2, 0.25) is 0 Å². The molecule has 0 aliphatic heterocycles. The van der Waals surface area contributed by atoms with Gasteiger partial charge in [0, 0.05) is 35.5 Å². The maximum Gasteiger partial charge on any atom is 0.157 e. The fraction of sp³-hybridized carbons (Fsp3) is 0.500. The molecule has 0 radical (unpaired) electrons. The first-order valence-corrected chi connectivity index (χ1v) is 9.74. The van der Waals surface area contributed by atoms with Gasteiger partial charge in [0.2, 0.25) is 0 Å². The molecule has 0 unspecified atom stereocenters. The molecule has 0 saturated carbocycles. The number of hydrogen-bond acceptors (Lipinski definition) is 5. The van der Waals surface area contributed by atoms with Crippen molar-refractivity contribution >= 4 is 23.2 Å². The normalized spacial score (nSPS) is 11.9. The molecule has 4 nitrogen and oxygen atoms in total. The number of nitrogens with zero attached hydrogens (tertiary/aromatic N) is 2. The third-order valence-corrected chi connectivity index (χ3v) is 4.41. The molecule has 0 aliphatic rings. The Hall–Kier alpha value is -1.77. The van der Waals surface area contributed by atoms with Crippen molar-refractivity contribution in [3.63, 3.8) is 0 Å². The highest BCUT2D eigenvalue weighted by Crippen LogP contribution is 2.25. The highest BCUT2D eigenvalue weighted by Gasteiger charge is 2.12. The van der Waals surface area contributed by atoms with Gasteiger partial charge in [-0.15, -0.1) is 11.8 Å². The fourth-order valence-corrected chi connectivity index (χ4v) is 3.10. The van der Waals surface area contributed by atoms with Crippen molar-refractivity contribution in [1.82, 2.24) is 9.97 Å². The Bertz CT molecular complexity index is 684. The average molecular weight is 360 g/mol. The van der Waals surface area contributed by atoms with E-state index in [9.17, 15) is 0 Å². The number of aliphatic hydroxyl groups excluding tert-OH is 1. The molecule has 136 valence electrons. The zero-order valence-corrected chi connectivity index (χ0v) is 16.8. The quantitative estimate of drug-likeness (QED) is 0.667. The van der Waals surface area contributed by atoms with Gasteiger partial charge >= 0.3 is 0 Å². The van der Waals surface area contributed by atoms with Crippen molar-refractivity contribution < 1.29 is 5.11 Å². The Morgan fingerprint density at radius 1 is 1.28 bits per heavy atom. The van der Waals surface area contributed by atoms with E-state index in [0.717, 1.165) is 52.8 Å². The van der Waals surface area contributed by atoms with Crippen molar-refractivity contribution in [3.05, 3.63) is 34.1 Å². The number of aromatic nitrogens is 2. The van der Waals surface area contributed by atoms with Crippen LogP contribution in [0.25, 0.3) is 5.57 Å². The number of hydrogen-bond donors (Lipinski definition) is 2. The molecule has 1 rings (SSSR count). The largest absolute Gasteiger partial charge is 0.395 e. The Morgan fingerprint density at radius 2 is 2.04 bits per heavy atom. The van der Waals surface area contributed by atoms with Gasteiger partial charge in [-0.2, -0.15) is 0 Å². The van der Waals surface area contributed by atoms with Crippen LogP contribution in [0, 0.1) is 18.8 Å². The van der Waals surface area contributed by atoms with Gasteiger partial charge in [-0.3, -0.25) is 0 Å². The molecule has 5 heteroatoms. The van der Waals surface area contributed by atoms with Crippen molar-refractivity contribution in [2.75, 3.05) is 18.5 Å². The maximum absolute atomic E-state index is 8.76. The molecule has 0 aliphatic carbocycles. The van der Waals surface area contributed by atoms with Gasteiger partial charge in [-0.05, 0) is 45.1 Å². The van der Waals surface area contributed by atoms with Gasteiger partial charge < -0.3 is 10.4 Å². The smallest absolute Gasteiger partial charge is 0.157 e. The SMILES string of the molecule is CC/C=C(\C)c1nc(C)c(CS/C=C(\C)C#CCCO)c(NCC)n1. The Balaban J connectivity index is 2.97. The standard InChI is InChI=1S/C20H29N3OS/c1-6-10-16(4)19-22-17(5)18(20(23-19)21-7-2)14-25-13-15(3)11-8-9-12-24/h10,13,24H,6-7,9,12,14H2,1-5H3,(H,21,22,23)/b15-13+,16-10+. The van der Waals surface area contributed by atoms with E-state index in [0.29, 0.717) is 6.42 Å². The summed E-state index contributed by atoms with van der Waals surface area (Å²) in [7, 11) is 0. The van der Waals surface area contributed by atoms with Crippen LogP contribution in [0.3, 0.4) is 0 Å². The summed E-state index contributed by atoms with van der Waals surface area (Å²) in [5, 5.41) is 14.2. The highest BCUT2D eigenvalue weighted by molar-refractivity contribution is 8.01. The van der Waals surface area contributed by atoms with Gasteiger partial charge in [0.15, 0.2) is 5.82 Å². The number of allylic oxidation sites excluding steroid dienone is 3. The van der Waals surface area contributed by atoms with Crippen LogP contribution in [0.1, 0.15) is 57.6 Å². The first kappa shape index (κ1) is 21.3. The lowest BCUT2D eigenvalue weighted by atomic mass is 10.2. The first-order chi connectivity index (χ1) is 12.0. The number of nitrogens with one attached hydrogen (secondary N) is 1. The van der Waals surface area contributed by atoms with Crippen LogP contribution in [-0.2, 0) is 5.75 Å². The summed E-state index contributed by atoms with van der Waals surface area (Å²) >= 11 is 1.69. The van der Waals surface area contributed by atoms with Crippen molar-refractivity contribution in [2.24, 2.45) is 0 Å². The summed E-state index contributed by atoms with van der Waals surface area (Å²) in [6.07, 6.45) is 3.64. The van der Waals surface area contributed by atoms with Gasteiger partial charge in [0.05, 0.1) is 6.61 Å². The second-order valence-corrected chi connectivity index (χ2v) is 6.53. The van der Waals surface area contributed by atoms with E-state index in [1.807, 2.05) is 13.8 Å². The van der Waals surface area contributed by atoms with Crippen LogP contribution in [0.15, 0.2) is 17.1 Å². The lowest BCUT2D eigenvalue weighted by Gasteiger charge is -2.13. The van der Waals surface area contributed by atoms with Gasteiger partial charge in [0.1, 0.15) is 5.82 Å². The molecule has 25 heavy (non-hydrogen) atoms. The molecule has 2 N–H and O–H groups in total. The third-order valence-electron chi connectivity index (χ3n) is 3.43. The number of aryl methyl sites for hydroxylation is 1. The van der Waals surface area contributed by atoms with E-state index in [1.165, 1.54) is 0 Å². The van der Waals surface area contributed by atoms with Crippen LogP contribution in [0.5, 0.6) is 0 Å². The third kappa shape index (κ3) is 7.33. The van der Waals surface area contributed by atoms with Crippen LogP contribution in [-0.4, -0.2) is 28.2 Å². The van der Waals surface area contributed by atoms with Crippen LogP contribution >= 0.6 is 11.8 Å². The summed E-state index contributed by atoms with van der Waals surface area (Å²) in [6.45, 7) is 11.2.